The largest absolute Gasteiger partial charge is 0.488 e. The van der Waals surface area contributed by atoms with Crippen LogP contribution in [0.15, 0.2) is 59.8 Å². The van der Waals surface area contributed by atoms with Crippen LogP contribution in [0.3, 0.4) is 0 Å². The Labute approximate surface area is 231 Å². The van der Waals surface area contributed by atoms with Crippen LogP contribution in [0.2, 0.25) is 0 Å². The molecule has 0 saturated heterocycles. The van der Waals surface area contributed by atoms with E-state index >= 15 is 0 Å². The number of benzene rings is 1. The third kappa shape index (κ3) is 4.75. The highest BCUT2D eigenvalue weighted by molar-refractivity contribution is 7.91. The lowest BCUT2D eigenvalue weighted by molar-refractivity contribution is 0.0950. The summed E-state index contributed by atoms with van der Waals surface area (Å²) in [6.45, 7) is 1.74. The van der Waals surface area contributed by atoms with Gasteiger partial charge in [0.1, 0.15) is 12.4 Å². The molecule has 1 N–H and O–H groups in total. The van der Waals surface area contributed by atoms with Crippen LogP contribution in [0.25, 0.3) is 10.9 Å². The number of rotatable bonds is 5. The molecule has 11 heteroatoms. The SMILES string of the molecule is O=C(NCc1cc2nc(N3CCOc4cnc(C5CC5)cc43)ccc2cn1)c1ccc2c(c1)S(=O)(=O)CCOC2. The molecule has 0 unspecified atom stereocenters. The number of nitrogens with zero attached hydrogens (tertiary/aromatic N) is 4. The van der Waals surface area contributed by atoms with E-state index < -0.39 is 9.84 Å². The monoisotopic (exact) mass is 557 g/mol. The maximum absolute atomic E-state index is 12.9. The van der Waals surface area contributed by atoms with Gasteiger partial charge in [-0.25, -0.2) is 13.4 Å². The molecule has 204 valence electrons. The van der Waals surface area contributed by atoms with Gasteiger partial charge in [-0.15, -0.1) is 0 Å². The summed E-state index contributed by atoms with van der Waals surface area (Å²) in [6, 6.07) is 12.6. The number of anilines is 2. The zero-order valence-corrected chi connectivity index (χ0v) is 22.5. The van der Waals surface area contributed by atoms with Gasteiger partial charge in [-0.1, -0.05) is 6.07 Å². The van der Waals surface area contributed by atoms with Gasteiger partial charge in [0.2, 0.25) is 0 Å². The Kier molecular flexibility index (Phi) is 6.12. The average Bonchev–Trinajstić information content (AvgIpc) is 3.84. The van der Waals surface area contributed by atoms with Crippen LogP contribution in [0.4, 0.5) is 11.5 Å². The van der Waals surface area contributed by atoms with Crippen LogP contribution in [0.5, 0.6) is 5.75 Å². The first kappa shape index (κ1) is 24.9. The molecule has 3 aliphatic rings. The number of hydrogen-bond acceptors (Lipinski definition) is 9. The Morgan fingerprint density at radius 1 is 1.05 bits per heavy atom. The van der Waals surface area contributed by atoms with E-state index in [9.17, 15) is 13.2 Å². The van der Waals surface area contributed by atoms with Gasteiger partial charge in [-0.2, -0.15) is 0 Å². The highest BCUT2D eigenvalue weighted by Crippen LogP contribution is 2.43. The highest BCUT2D eigenvalue weighted by atomic mass is 32.2. The molecule has 5 heterocycles. The summed E-state index contributed by atoms with van der Waals surface area (Å²) in [5.74, 6) is 1.62. The van der Waals surface area contributed by atoms with Gasteiger partial charge in [-0.3, -0.25) is 14.8 Å². The van der Waals surface area contributed by atoms with Crippen LogP contribution in [-0.2, 0) is 27.7 Å². The number of pyridine rings is 3. The summed E-state index contributed by atoms with van der Waals surface area (Å²) in [7, 11) is -3.50. The van der Waals surface area contributed by atoms with Gasteiger partial charge >= 0.3 is 0 Å². The molecule has 7 rings (SSSR count). The van der Waals surface area contributed by atoms with E-state index in [1.807, 2.05) is 24.4 Å². The second-order valence-electron chi connectivity index (χ2n) is 10.3. The Balaban J connectivity index is 1.11. The summed E-state index contributed by atoms with van der Waals surface area (Å²) in [5.41, 5.74) is 4.32. The lowest BCUT2D eigenvalue weighted by Crippen LogP contribution is -2.29. The minimum absolute atomic E-state index is 0.102. The molecule has 0 radical (unpaired) electrons. The van der Waals surface area contributed by atoms with Crippen molar-refractivity contribution >= 4 is 38.2 Å². The second kappa shape index (κ2) is 9.83. The lowest BCUT2D eigenvalue weighted by Gasteiger charge is -2.30. The third-order valence-electron chi connectivity index (χ3n) is 7.47. The molecule has 10 nitrogen and oxygen atoms in total. The Morgan fingerprint density at radius 3 is 2.83 bits per heavy atom. The number of carbonyl (C=O) groups is 1. The van der Waals surface area contributed by atoms with Gasteiger partial charge in [0, 0.05) is 28.8 Å². The van der Waals surface area contributed by atoms with E-state index in [2.05, 4.69) is 26.3 Å². The van der Waals surface area contributed by atoms with E-state index in [1.54, 1.807) is 18.3 Å². The molecule has 1 aromatic carbocycles. The molecule has 3 aromatic heterocycles. The number of ether oxygens (including phenoxy) is 2. The standard InChI is InChI=1S/C29H27N5O5S/c35-29(19-3-4-21-17-38-9-10-40(36,37)27(21)11-19)32-15-22-12-24-20(14-30-22)5-6-28(33-24)34-7-8-39-26-16-31-23(13-25(26)34)18-1-2-18/h3-6,11-14,16,18H,1-2,7-10,15,17H2,(H,32,35). The van der Waals surface area contributed by atoms with Crippen LogP contribution < -0.4 is 15.0 Å². The number of fused-ring (bicyclic) bond motifs is 3. The summed E-state index contributed by atoms with van der Waals surface area (Å²) in [6.07, 6.45) is 5.90. The van der Waals surface area contributed by atoms with Crippen molar-refractivity contribution in [1.82, 2.24) is 20.3 Å². The quantitative estimate of drug-likeness (QED) is 0.391. The lowest BCUT2D eigenvalue weighted by atomic mass is 10.1. The maximum Gasteiger partial charge on any atom is 0.251 e. The van der Waals surface area contributed by atoms with Crippen molar-refractivity contribution in [2.75, 3.05) is 30.4 Å². The molecule has 1 aliphatic carbocycles. The van der Waals surface area contributed by atoms with Crippen molar-refractivity contribution < 1.29 is 22.7 Å². The van der Waals surface area contributed by atoms with Gasteiger partial charge in [0.15, 0.2) is 15.6 Å². The number of nitrogens with one attached hydrogen (secondary N) is 1. The van der Waals surface area contributed by atoms with Crippen molar-refractivity contribution in [3.05, 3.63) is 77.4 Å². The van der Waals surface area contributed by atoms with E-state index in [1.165, 1.54) is 18.9 Å². The summed E-state index contributed by atoms with van der Waals surface area (Å²) in [4.78, 5) is 29.2. The number of carbonyl (C=O) groups excluding carboxylic acids is 1. The second-order valence-corrected chi connectivity index (χ2v) is 12.3. The fraction of sp³-hybridized carbons (Fsp3) is 0.310. The number of amides is 1. The Bertz CT molecular complexity index is 1760. The Hall–Kier alpha value is -4.09. The molecular weight excluding hydrogens is 530 g/mol. The molecule has 2 aliphatic heterocycles. The first-order valence-corrected chi connectivity index (χ1v) is 15.0. The van der Waals surface area contributed by atoms with Gasteiger partial charge < -0.3 is 19.7 Å². The van der Waals surface area contributed by atoms with Crippen LogP contribution in [-0.4, -0.2) is 54.8 Å². The van der Waals surface area contributed by atoms with Crippen molar-refractivity contribution in [2.24, 2.45) is 0 Å². The highest BCUT2D eigenvalue weighted by Gasteiger charge is 2.29. The topological polar surface area (TPSA) is 124 Å². The van der Waals surface area contributed by atoms with Crippen molar-refractivity contribution in [2.45, 2.75) is 36.8 Å². The molecule has 0 atom stereocenters. The van der Waals surface area contributed by atoms with Crippen molar-refractivity contribution in [3.8, 4) is 5.75 Å². The van der Waals surface area contributed by atoms with Crippen LogP contribution in [0.1, 0.15) is 46.1 Å². The zero-order valence-electron chi connectivity index (χ0n) is 21.7. The minimum Gasteiger partial charge on any atom is -0.488 e. The molecule has 0 spiro atoms. The van der Waals surface area contributed by atoms with Crippen molar-refractivity contribution in [1.29, 1.82) is 0 Å². The smallest absolute Gasteiger partial charge is 0.251 e. The third-order valence-corrected chi connectivity index (χ3v) is 9.22. The van der Waals surface area contributed by atoms with Crippen molar-refractivity contribution in [3.63, 3.8) is 0 Å². The zero-order chi connectivity index (χ0) is 27.3. The molecule has 1 fully saturated rings. The van der Waals surface area contributed by atoms with E-state index in [0.717, 1.165) is 33.9 Å². The molecule has 1 saturated carbocycles. The first-order chi connectivity index (χ1) is 19.4. The molecular formula is C29H27N5O5S. The molecule has 40 heavy (non-hydrogen) atoms. The van der Waals surface area contributed by atoms with Crippen LogP contribution in [0, 0.1) is 0 Å². The number of aromatic nitrogens is 3. The summed E-state index contributed by atoms with van der Waals surface area (Å²) in [5, 5.41) is 3.74. The summed E-state index contributed by atoms with van der Waals surface area (Å²) >= 11 is 0. The fourth-order valence-corrected chi connectivity index (χ4v) is 6.50. The predicted molar refractivity (Wildman–Crippen MR) is 148 cm³/mol. The Morgan fingerprint density at radius 2 is 1.95 bits per heavy atom. The molecule has 0 bridgehead atoms. The first-order valence-electron chi connectivity index (χ1n) is 13.3. The average molecular weight is 558 g/mol. The van der Waals surface area contributed by atoms with E-state index in [4.69, 9.17) is 14.5 Å². The normalized spacial score (nSPS) is 17.9. The number of sulfone groups is 1. The fourth-order valence-electron chi connectivity index (χ4n) is 5.11. The molecule has 4 aromatic rings. The van der Waals surface area contributed by atoms with Gasteiger partial charge in [0.25, 0.3) is 5.91 Å². The van der Waals surface area contributed by atoms with E-state index in [0.29, 0.717) is 30.3 Å². The van der Waals surface area contributed by atoms with Crippen LogP contribution >= 0.6 is 0 Å². The van der Waals surface area contributed by atoms with E-state index in [-0.39, 0.29) is 41.9 Å². The van der Waals surface area contributed by atoms with Gasteiger partial charge in [0.05, 0.1) is 60.0 Å². The van der Waals surface area contributed by atoms with Gasteiger partial charge in [-0.05, 0) is 54.8 Å². The minimum atomic E-state index is -3.50. The number of hydrogen-bond donors (Lipinski definition) is 1. The maximum atomic E-state index is 12.9. The molecule has 1 amide bonds. The predicted octanol–water partition coefficient (Wildman–Crippen LogP) is 3.67. The summed E-state index contributed by atoms with van der Waals surface area (Å²) < 4.78 is 36.4.